The number of carboxylic acids is 1. The van der Waals surface area contributed by atoms with Gasteiger partial charge in [-0.15, -0.1) is 0 Å². The largest absolute Gasteiger partial charge is 0.478 e. The SMILES string of the molecule is NCCNS(=O)(=O)c1ccc(C(=O)O)cn1. The molecule has 7 nitrogen and oxygen atoms in total. The lowest BCUT2D eigenvalue weighted by atomic mass is 10.3. The Morgan fingerprint density at radius 3 is 2.62 bits per heavy atom. The number of hydrogen-bond donors (Lipinski definition) is 3. The van der Waals surface area contributed by atoms with Crippen LogP contribution in [0.3, 0.4) is 0 Å². The third kappa shape index (κ3) is 2.99. The molecule has 1 heterocycles. The van der Waals surface area contributed by atoms with Gasteiger partial charge >= 0.3 is 5.97 Å². The number of rotatable bonds is 5. The first-order valence-corrected chi connectivity index (χ1v) is 5.85. The van der Waals surface area contributed by atoms with Gasteiger partial charge in [-0.3, -0.25) is 0 Å². The van der Waals surface area contributed by atoms with Crippen molar-refractivity contribution < 1.29 is 18.3 Å². The molecule has 0 radical (unpaired) electrons. The van der Waals surface area contributed by atoms with Gasteiger partial charge in [0.25, 0.3) is 10.0 Å². The van der Waals surface area contributed by atoms with Gasteiger partial charge in [-0.25, -0.2) is 22.9 Å². The Bertz CT molecular complexity index is 469. The molecule has 1 rings (SSSR count). The van der Waals surface area contributed by atoms with Crippen molar-refractivity contribution in [3.05, 3.63) is 23.9 Å². The van der Waals surface area contributed by atoms with E-state index in [1.807, 2.05) is 0 Å². The molecule has 1 aromatic heterocycles. The van der Waals surface area contributed by atoms with E-state index in [2.05, 4.69) is 9.71 Å². The van der Waals surface area contributed by atoms with E-state index in [1.54, 1.807) is 0 Å². The fourth-order valence-electron chi connectivity index (χ4n) is 0.933. The van der Waals surface area contributed by atoms with Crippen molar-refractivity contribution in [2.24, 2.45) is 5.73 Å². The number of sulfonamides is 1. The second-order valence-corrected chi connectivity index (χ2v) is 4.59. The van der Waals surface area contributed by atoms with Crippen molar-refractivity contribution >= 4 is 16.0 Å². The molecule has 0 aliphatic carbocycles. The second kappa shape index (κ2) is 5.01. The van der Waals surface area contributed by atoms with Gasteiger partial charge in [0.2, 0.25) is 0 Å². The van der Waals surface area contributed by atoms with Crippen molar-refractivity contribution in [1.82, 2.24) is 9.71 Å². The van der Waals surface area contributed by atoms with Crippen LogP contribution in [0, 0.1) is 0 Å². The first-order valence-electron chi connectivity index (χ1n) is 4.36. The van der Waals surface area contributed by atoms with Crippen LogP contribution in [0.1, 0.15) is 10.4 Å². The average molecular weight is 245 g/mol. The molecular weight excluding hydrogens is 234 g/mol. The summed E-state index contributed by atoms with van der Waals surface area (Å²) in [5, 5.41) is 8.37. The summed E-state index contributed by atoms with van der Waals surface area (Å²) in [6, 6.07) is 2.30. The fourth-order valence-corrected chi connectivity index (χ4v) is 1.91. The Balaban J connectivity index is 2.93. The van der Waals surface area contributed by atoms with Gasteiger partial charge in [-0.1, -0.05) is 0 Å². The molecule has 88 valence electrons. The molecule has 0 aromatic carbocycles. The standard InChI is InChI=1S/C8H11N3O4S/c9-3-4-11-16(14,15)7-2-1-6(5-10-7)8(12)13/h1-2,5,11H,3-4,9H2,(H,12,13). The van der Waals surface area contributed by atoms with Crippen LogP contribution in [0.2, 0.25) is 0 Å². The van der Waals surface area contributed by atoms with Crippen LogP contribution in [-0.4, -0.2) is 37.6 Å². The van der Waals surface area contributed by atoms with E-state index in [4.69, 9.17) is 10.8 Å². The highest BCUT2D eigenvalue weighted by atomic mass is 32.2. The highest BCUT2D eigenvalue weighted by Crippen LogP contribution is 2.06. The number of nitrogens with zero attached hydrogens (tertiary/aromatic N) is 1. The number of aromatic nitrogens is 1. The van der Waals surface area contributed by atoms with Crippen LogP contribution in [0.5, 0.6) is 0 Å². The number of pyridine rings is 1. The summed E-state index contributed by atoms with van der Waals surface area (Å²) in [4.78, 5) is 14.1. The monoisotopic (exact) mass is 245 g/mol. The molecule has 4 N–H and O–H groups in total. The molecule has 0 fully saturated rings. The van der Waals surface area contributed by atoms with Gasteiger partial charge in [0.05, 0.1) is 5.56 Å². The molecular formula is C8H11N3O4S. The predicted molar refractivity (Wildman–Crippen MR) is 55.4 cm³/mol. The van der Waals surface area contributed by atoms with E-state index in [0.717, 1.165) is 12.3 Å². The van der Waals surface area contributed by atoms with Crippen LogP contribution >= 0.6 is 0 Å². The third-order valence-electron chi connectivity index (χ3n) is 1.70. The van der Waals surface area contributed by atoms with E-state index >= 15 is 0 Å². The Labute approximate surface area is 92.4 Å². The highest BCUT2D eigenvalue weighted by Gasteiger charge is 2.15. The molecule has 8 heteroatoms. The van der Waals surface area contributed by atoms with Crippen LogP contribution in [0.25, 0.3) is 0 Å². The number of hydrogen-bond acceptors (Lipinski definition) is 5. The van der Waals surface area contributed by atoms with Gasteiger partial charge in [-0.05, 0) is 12.1 Å². The molecule has 0 unspecified atom stereocenters. The third-order valence-corrected chi connectivity index (χ3v) is 3.07. The van der Waals surface area contributed by atoms with Gasteiger partial charge in [0, 0.05) is 19.3 Å². The smallest absolute Gasteiger partial charge is 0.337 e. The number of nitrogens with two attached hydrogens (primary N) is 1. The maximum atomic E-state index is 11.5. The number of carboxylic acid groups (broad SMARTS) is 1. The first-order chi connectivity index (χ1) is 7.47. The van der Waals surface area contributed by atoms with Crippen LogP contribution in [-0.2, 0) is 10.0 Å². The van der Waals surface area contributed by atoms with Crippen molar-refractivity contribution in [2.75, 3.05) is 13.1 Å². The molecule has 0 aliphatic heterocycles. The molecule has 0 saturated carbocycles. The van der Waals surface area contributed by atoms with Crippen molar-refractivity contribution in [1.29, 1.82) is 0 Å². The summed E-state index contributed by atoms with van der Waals surface area (Å²) >= 11 is 0. The minimum Gasteiger partial charge on any atom is -0.478 e. The lowest BCUT2D eigenvalue weighted by Crippen LogP contribution is -2.29. The van der Waals surface area contributed by atoms with E-state index in [1.165, 1.54) is 6.07 Å². The molecule has 0 bridgehead atoms. The summed E-state index contributed by atoms with van der Waals surface area (Å²) in [6.07, 6.45) is 0.985. The number of carbonyl (C=O) groups is 1. The van der Waals surface area contributed by atoms with Crippen LogP contribution in [0.15, 0.2) is 23.4 Å². The van der Waals surface area contributed by atoms with E-state index in [-0.39, 0.29) is 23.7 Å². The first kappa shape index (κ1) is 12.6. The lowest BCUT2D eigenvalue weighted by Gasteiger charge is -2.04. The minimum atomic E-state index is -3.70. The second-order valence-electron chi connectivity index (χ2n) is 2.88. The molecule has 0 atom stereocenters. The minimum absolute atomic E-state index is 0.0715. The van der Waals surface area contributed by atoms with Gasteiger partial charge in [0.15, 0.2) is 5.03 Å². The average Bonchev–Trinajstić information content (AvgIpc) is 2.26. The molecule has 0 saturated heterocycles. The van der Waals surface area contributed by atoms with Crippen LogP contribution in [0.4, 0.5) is 0 Å². The Kier molecular flexibility index (Phi) is 3.93. The van der Waals surface area contributed by atoms with E-state index in [0.29, 0.717) is 0 Å². The fraction of sp³-hybridized carbons (Fsp3) is 0.250. The Morgan fingerprint density at radius 1 is 1.50 bits per heavy atom. The molecule has 0 spiro atoms. The predicted octanol–water partition coefficient (Wildman–Crippen LogP) is -0.983. The van der Waals surface area contributed by atoms with Gasteiger partial charge < -0.3 is 10.8 Å². The van der Waals surface area contributed by atoms with Crippen molar-refractivity contribution in [3.63, 3.8) is 0 Å². The lowest BCUT2D eigenvalue weighted by molar-refractivity contribution is 0.0696. The summed E-state index contributed by atoms with van der Waals surface area (Å²) in [5.74, 6) is -1.16. The number of nitrogens with one attached hydrogen (secondary N) is 1. The maximum absolute atomic E-state index is 11.5. The Morgan fingerprint density at radius 2 is 2.19 bits per heavy atom. The summed E-state index contributed by atoms with van der Waals surface area (Å²) in [6.45, 7) is 0.275. The quantitative estimate of drug-likeness (QED) is 0.612. The van der Waals surface area contributed by atoms with E-state index in [9.17, 15) is 13.2 Å². The summed E-state index contributed by atoms with van der Waals surface area (Å²) < 4.78 is 25.2. The van der Waals surface area contributed by atoms with E-state index < -0.39 is 16.0 Å². The topological polar surface area (TPSA) is 122 Å². The molecule has 1 aromatic rings. The zero-order valence-corrected chi connectivity index (χ0v) is 9.07. The zero-order valence-electron chi connectivity index (χ0n) is 8.25. The maximum Gasteiger partial charge on any atom is 0.337 e. The summed E-state index contributed by atoms with van der Waals surface area (Å²) in [5.41, 5.74) is 5.08. The van der Waals surface area contributed by atoms with Gasteiger partial charge in [0.1, 0.15) is 0 Å². The normalized spacial score (nSPS) is 11.3. The van der Waals surface area contributed by atoms with Gasteiger partial charge in [-0.2, -0.15) is 0 Å². The number of aromatic carboxylic acids is 1. The molecule has 0 aliphatic rings. The Hall–Kier alpha value is -1.51. The van der Waals surface area contributed by atoms with Crippen molar-refractivity contribution in [2.45, 2.75) is 5.03 Å². The van der Waals surface area contributed by atoms with Crippen LogP contribution < -0.4 is 10.5 Å². The van der Waals surface area contributed by atoms with Crippen molar-refractivity contribution in [3.8, 4) is 0 Å². The zero-order chi connectivity index (χ0) is 12.2. The summed E-state index contributed by atoms with van der Waals surface area (Å²) in [7, 11) is -3.70. The highest BCUT2D eigenvalue weighted by molar-refractivity contribution is 7.89. The molecule has 0 amide bonds. The molecule has 16 heavy (non-hydrogen) atoms.